The van der Waals surface area contributed by atoms with E-state index in [1.54, 1.807) is 10.2 Å². The lowest BCUT2D eigenvalue weighted by Crippen LogP contribution is -2.53. The summed E-state index contributed by atoms with van der Waals surface area (Å²) in [7, 11) is 0. The Morgan fingerprint density at radius 3 is 2.29 bits per heavy atom. The van der Waals surface area contributed by atoms with Crippen molar-refractivity contribution < 1.29 is 36.7 Å². The molecule has 2 unspecified atom stereocenters. The molecule has 2 aromatic carbocycles. The Balaban J connectivity index is 1.59. The molecule has 34 heavy (non-hydrogen) atoms. The molecular weight excluding hydrogens is 460 g/mol. The van der Waals surface area contributed by atoms with Crippen LogP contribution in [-0.2, 0) is 9.53 Å². The van der Waals surface area contributed by atoms with Gasteiger partial charge in [-0.2, -0.15) is 13.2 Å². The van der Waals surface area contributed by atoms with Crippen LogP contribution in [0.5, 0.6) is 0 Å². The third-order valence-electron chi connectivity index (χ3n) is 5.15. The third-order valence-corrected chi connectivity index (χ3v) is 5.15. The van der Waals surface area contributed by atoms with E-state index in [1.807, 2.05) is 0 Å². The molecule has 1 fully saturated rings. The molecule has 0 spiro atoms. The minimum atomic E-state index is -5.06. The average Bonchev–Trinajstić information content (AvgIpc) is 2.82. The van der Waals surface area contributed by atoms with Gasteiger partial charge in [0.1, 0.15) is 12.0 Å². The number of hydrogen-bond donors (Lipinski definition) is 3. The topological polar surface area (TPSA) is 114 Å². The third kappa shape index (κ3) is 6.29. The van der Waals surface area contributed by atoms with E-state index < -0.39 is 36.0 Å². The van der Waals surface area contributed by atoms with E-state index in [4.69, 9.17) is 10.5 Å². The van der Waals surface area contributed by atoms with Crippen molar-refractivity contribution >= 4 is 17.7 Å². The fourth-order valence-corrected chi connectivity index (χ4v) is 3.31. The molecule has 3 amide bonds. The Kier molecular flexibility index (Phi) is 7.84. The minimum absolute atomic E-state index is 0.0780. The molecule has 0 bridgehead atoms. The van der Waals surface area contributed by atoms with Gasteiger partial charge < -0.3 is 26.0 Å². The highest BCUT2D eigenvalue weighted by Crippen LogP contribution is 2.17. The van der Waals surface area contributed by atoms with Crippen molar-refractivity contribution in [2.75, 3.05) is 26.3 Å². The number of carbonyl (C=O) groups excluding carboxylic acids is 3. The highest BCUT2D eigenvalue weighted by Gasteiger charge is 2.39. The van der Waals surface area contributed by atoms with E-state index in [2.05, 4.69) is 5.32 Å². The first-order chi connectivity index (χ1) is 16.1. The zero-order chi connectivity index (χ0) is 24.9. The molecule has 182 valence electrons. The Bertz CT molecular complexity index is 1030. The summed E-state index contributed by atoms with van der Waals surface area (Å²) in [4.78, 5) is 37.9. The second-order valence-corrected chi connectivity index (χ2v) is 7.52. The molecule has 3 rings (SSSR count). The van der Waals surface area contributed by atoms with Crippen molar-refractivity contribution in [3.63, 3.8) is 0 Å². The summed E-state index contributed by atoms with van der Waals surface area (Å²) in [5.41, 5.74) is 6.25. The summed E-state index contributed by atoms with van der Waals surface area (Å²) in [5.74, 6) is -3.44. The molecule has 0 aromatic heterocycles. The van der Waals surface area contributed by atoms with E-state index in [1.165, 1.54) is 48.5 Å². The fraction of sp³-hybridized carbons (Fsp3) is 0.318. The molecule has 1 aliphatic heterocycles. The second-order valence-electron chi connectivity index (χ2n) is 7.52. The van der Waals surface area contributed by atoms with Gasteiger partial charge in [0.25, 0.3) is 11.8 Å². The molecule has 1 aliphatic rings. The van der Waals surface area contributed by atoms with Crippen LogP contribution in [0.4, 0.5) is 17.6 Å². The van der Waals surface area contributed by atoms with Crippen molar-refractivity contribution in [3.8, 4) is 0 Å². The number of nitrogens with one attached hydrogen (secondary N) is 2. The van der Waals surface area contributed by atoms with Crippen molar-refractivity contribution in [2.45, 2.75) is 18.4 Å². The number of rotatable bonds is 6. The number of halogens is 4. The van der Waals surface area contributed by atoms with Gasteiger partial charge in [0, 0.05) is 24.2 Å². The van der Waals surface area contributed by atoms with Gasteiger partial charge in [0.05, 0.1) is 19.3 Å². The number of morpholine rings is 1. The van der Waals surface area contributed by atoms with Crippen LogP contribution in [0.3, 0.4) is 0 Å². The quantitative estimate of drug-likeness (QED) is 0.429. The van der Waals surface area contributed by atoms with Gasteiger partial charge in [-0.25, -0.2) is 4.39 Å². The van der Waals surface area contributed by atoms with Crippen LogP contribution in [-0.4, -0.2) is 61.1 Å². The standard InChI is InChI=1S/C22H22F4N4O4/c23-16-7-5-15(6-8-16)20(32)30-9-10-34-12-17(30)11-28-19(31)14-3-1-13(2-4-14)18(27)29-21(33)22(24,25)26/h1-8,17-18H,9-12,27H2,(H,28,31)(H,29,33). The van der Waals surface area contributed by atoms with E-state index in [0.717, 1.165) is 0 Å². The lowest BCUT2D eigenvalue weighted by atomic mass is 10.1. The first kappa shape index (κ1) is 25.1. The van der Waals surface area contributed by atoms with Gasteiger partial charge in [0.15, 0.2) is 0 Å². The summed E-state index contributed by atoms with van der Waals surface area (Å²) in [6.45, 7) is 0.894. The molecule has 8 nitrogen and oxygen atoms in total. The Hall–Kier alpha value is -3.51. The highest BCUT2D eigenvalue weighted by molar-refractivity contribution is 5.95. The zero-order valence-electron chi connectivity index (χ0n) is 17.8. The minimum Gasteiger partial charge on any atom is -0.377 e. The van der Waals surface area contributed by atoms with Gasteiger partial charge in [-0.1, -0.05) is 12.1 Å². The predicted molar refractivity (Wildman–Crippen MR) is 112 cm³/mol. The van der Waals surface area contributed by atoms with Gasteiger partial charge in [0.2, 0.25) is 0 Å². The molecule has 2 atom stereocenters. The van der Waals surface area contributed by atoms with Gasteiger partial charge in [-0.05, 0) is 42.0 Å². The van der Waals surface area contributed by atoms with Crippen LogP contribution < -0.4 is 16.4 Å². The zero-order valence-corrected chi connectivity index (χ0v) is 17.8. The average molecular weight is 482 g/mol. The number of amides is 3. The number of benzene rings is 2. The van der Waals surface area contributed by atoms with Crippen LogP contribution in [0.25, 0.3) is 0 Å². The molecule has 1 saturated heterocycles. The highest BCUT2D eigenvalue weighted by atomic mass is 19.4. The smallest absolute Gasteiger partial charge is 0.377 e. The predicted octanol–water partition coefficient (Wildman–Crippen LogP) is 1.73. The largest absolute Gasteiger partial charge is 0.471 e. The molecule has 0 saturated carbocycles. The molecule has 0 radical (unpaired) electrons. The Morgan fingerprint density at radius 1 is 1.06 bits per heavy atom. The SMILES string of the molecule is NC(NC(=O)C(F)(F)F)c1ccc(C(=O)NCC2COCCN2C(=O)c2ccc(F)cc2)cc1. The van der Waals surface area contributed by atoms with E-state index in [9.17, 15) is 31.9 Å². The fourth-order valence-electron chi connectivity index (χ4n) is 3.31. The lowest BCUT2D eigenvalue weighted by Gasteiger charge is -2.35. The second kappa shape index (κ2) is 10.6. The van der Waals surface area contributed by atoms with Crippen molar-refractivity contribution in [1.82, 2.24) is 15.5 Å². The van der Waals surface area contributed by atoms with E-state index in [0.29, 0.717) is 18.7 Å². The van der Waals surface area contributed by atoms with Crippen molar-refractivity contribution in [1.29, 1.82) is 0 Å². The number of nitrogens with zero attached hydrogens (tertiary/aromatic N) is 1. The molecule has 1 heterocycles. The van der Waals surface area contributed by atoms with Crippen LogP contribution >= 0.6 is 0 Å². The first-order valence-electron chi connectivity index (χ1n) is 10.2. The van der Waals surface area contributed by atoms with Crippen LogP contribution in [0.2, 0.25) is 0 Å². The van der Waals surface area contributed by atoms with Crippen LogP contribution in [0.15, 0.2) is 48.5 Å². The van der Waals surface area contributed by atoms with Crippen molar-refractivity contribution in [2.24, 2.45) is 5.73 Å². The lowest BCUT2D eigenvalue weighted by molar-refractivity contribution is -0.174. The summed E-state index contributed by atoms with van der Waals surface area (Å²) in [5, 5.41) is 4.32. The van der Waals surface area contributed by atoms with Crippen LogP contribution in [0, 0.1) is 5.82 Å². The van der Waals surface area contributed by atoms with Crippen molar-refractivity contribution in [3.05, 3.63) is 71.0 Å². The normalized spacial score (nSPS) is 17.1. The summed E-state index contributed by atoms with van der Waals surface area (Å²) >= 11 is 0. The van der Waals surface area contributed by atoms with E-state index >= 15 is 0 Å². The Labute approximate surface area is 192 Å². The Morgan fingerprint density at radius 2 is 1.68 bits per heavy atom. The molecule has 4 N–H and O–H groups in total. The molecule has 12 heteroatoms. The molecule has 2 aromatic rings. The van der Waals surface area contributed by atoms with Gasteiger partial charge in [-0.15, -0.1) is 0 Å². The summed E-state index contributed by atoms with van der Waals surface area (Å²) in [6, 6.07) is 10.0. The number of ether oxygens (including phenoxy) is 1. The van der Waals surface area contributed by atoms with E-state index in [-0.39, 0.29) is 30.2 Å². The van der Waals surface area contributed by atoms with Crippen LogP contribution in [0.1, 0.15) is 32.4 Å². The monoisotopic (exact) mass is 482 g/mol. The number of hydrogen-bond acceptors (Lipinski definition) is 5. The number of alkyl halides is 3. The first-order valence-corrected chi connectivity index (χ1v) is 10.2. The van der Waals surface area contributed by atoms with Gasteiger partial charge >= 0.3 is 12.1 Å². The maximum Gasteiger partial charge on any atom is 0.471 e. The number of carbonyl (C=O) groups is 3. The maximum absolute atomic E-state index is 13.1. The van der Waals surface area contributed by atoms with Gasteiger partial charge in [-0.3, -0.25) is 14.4 Å². The molecule has 0 aliphatic carbocycles. The number of nitrogens with two attached hydrogens (primary N) is 1. The summed E-state index contributed by atoms with van der Waals surface area (Å²) in [6.07, 6.45) is -6.47. The molecular formula is C22H22F4N4O4. The maximum atomic E-state index is 13.1. The summed E-state index contributed by atoms with van der Waals surface area (Å²) < 4.78 is 55.6.